The Morgan fingerprint density at radius 1 is 0.778 bits per heavy atom. The number of benzene rings is 3. The number of hydrogen-bond donors (Lipinski definition) is 3. The van der Waals surface area contributed by atoms with Crippen molar-refractivity contribution in [3.05, 3.63) is 108 Å². The first-order chi connectivity index (χ1) is 17.6. The largest absolute Gasteiger partial charge is 0.445 e. The second kappa shape index (κ2) is 11.2. The molecule has 2 fully saturated rings. The standard InChI is InChI=1S/C28H29NO7/c30-23-22(29-28(32)33-17-19-12-6-2-7-13-19)26(31)35-24-21(16-18-10-4-1-5-11-18)34-27(36-25(23)24)20-14-8-3-9-15-20/h1-15,21-27,30-31H,16-17H2,(H,29,32)/t21-,22-,23-,24-,25+,26+,27?/m1/s1. The number of rotatable bonds is 6. The summed E-state index contributed by atoms with van der Waals surface area (Å²) >= 11 is 0. The molecule has 8 heteroatoms. The Kier molecular flexibility index (Phi) is 7.60. The highest BCUT2D eigenvalue weighted by molar-refractivity contribution is 5.67. The molecule has 188 valence electrons. The summed E-state index contributed by atoms with van der Waals surface area (Å²) in [5.41, 5.74) is 2.63. The lowest BCUT2D eigenvalue weighted by molar-refractivity contribution is -0.359. The first-order valence-electron chi connectivity index (χ1n) is 12.0. The fourth-order valence-electron chi connectivity index (χ4n) is 4.59. The molecule has 0 bridgehead atoms. The highest BCUT2D eigenvalue weighted by Crippen LogP contribution is 2.38. The van der Waals surface area contributed by atoms with E-state index in [0.29, 0.717) is 6.42 Å². The molecule has 7 atom stereocenters. The first kappa shape index (κ1) is 24.4. The van der Waals surface area contributed by atoms with Crippen molar-refractivity contribution < 1.29 is 34.0 Å². The van der Waals surface area contributed by atoms with Crippen LogP contribution in [0.15, 0.2) is 91.0 Å². The first-order valence-corrected chi connectivity index (χ1v) is 12.0. The molecule has 2 saturated heterocycles. The zero-order chi connectivity index (χ0) is 24.9. The van der Waals surface area contributed by atoms with Crippen molar-refractivity contribution >= 4 is 6.09 Å². The van der Waals surface area contributed by atoms with Gasteiger partial charge in [-0.15, -0.1) is 0 Å². The van der Waals surface area contributed by atoms with Gasteiger partial charge in [0.05, 0.1) is 6.10 Å². The van der Waals surface area contributed by atoms with Gasteiger partial charge in [0.1, 0.15) is 31.0 Å². The van der Waals surface area contributed by atoms with Gasteiger partial charge in [-0.25, -0.2) is 4.79 Å². The molecule has 1 unspecified atom stereocenters. The fourth-order valence-corrected chi connectivity index (χ4v) is 4.59. The van der Waals surface area contributed by atoms with Crippen molar-refractivity contribution in [3.63, 3.8) is 0 Å². The molecule has 0 saturated carbocycles. The maximum absolute atomic E-state index is 12.5. The van der Waals surface area contributed by atoms with E-state index in [0.717, 1.165) is 16.7 Å². The third-order valence-corrected chi connectivity index (χ3v) is 6.43. The molecule has 1 amide bonds. The highest BCUT2D eigenvalue weighted by Gasteiger charge is 2.53. The summed E-state index contributed by atoms with van der Waals surface area (Å²) in [5.74, 6) is 0. The van der Waals surface area contributed by atoms with E-state index in [2.05, 4.69) is 5.32 Å². The molecule has 36 heavy (non-hydrogen) atoms. The van der Waals surface area contributed by atoms with E-state index in [4.69, 9.17) is 18.9 Å². The summed E-state index contributed by atoms with van der Waals surface area (Å²) in [6.07, 6.45) is -5.91. The second-order valence-electron chi connectivity index (χ2n) is 8.92. The zero-order valence-electron chi connectivity index (χ0n) is 19.6. The maximum Gasteiger partial charge on any atom is 0.407 e. The van der Waals surface area contributed by atoms with E-state index in [1.54, 1.807) is 0 Å². The summed E-state index contributed by atoms with van der Waals surface area (Å²) in [7, 11) is 0. The Hall–Kier alpha value is -3.27. The Morgan fingerprint density at radius 3 is 2.06 bits per heavy atom. The molecule has 3 aromatic rings. The van der Waals surface area contributed by atoms with Crippen LogP contribution in [0.3, 0.4) is 0 Å². The van der Waals surface area contributed by atoms with Crippen molar-refractivity contribution in [3.8, 4) is 0 Å². The Bertz CT molecular complexity index is 1110. The number of carbonyl (C=O) groups is 1. The third kappa shape index (κ3) is 5.59. The van der Waals surface area contributed by atoms with Gasteiger partial charge in [-0.1, -0.05) is 91.0 Å². The Balaban J connectivity index is 1.32. The molecule has 3 aromatic carbocycles. The lowest BCUT2D eigenvalue weighted by Gasteiger charge is -2.49. The molecule has 0 radical (unpaired) electrons. The number of ether oxygens (including phenoxy) is 4. The molecule has 2 aliphatic heterocycles. The maximum atomic E-state index is 12.5. The number of carbonyl (C=O) groups excluding carboxylic acids is 1. The predicted octanol–water partition coefficient (Wildman–Crippen LogP) is 3.09. The van der Waals surface area contributed by atoms with E-state index in [9.17, 15) is 15.0 Å². The molecule has 0 aromatic heterocycles. The van der Waals surface area contributed by atoms with Crippen LogP contribution in [0.5, 0.6) is 0 Å². The minimum Gasteiger partial charge on any atom is -0.445 e. The fraction of sp³-hybridized carbons (Fsp3) is 0.321. The number of aliphatic hydroxyl groups excluding tert-OH is 2. The minimum atomic E-state index is -1.48. The van der Waals surface area contributed by atoms with Gasteiger partial charge in [-0.05, 0) is 11.1 Å². The average Bonchev–Trinajstić information content (AvgIpc) is 2.92. The van der Waals surface area contributed by atoms with E-state index >= 15 is 0 Å². The number of amides is 1. The van der Waals surface area contributed by atoms with Crippen LogP contribution >= 0.6 is 0 Å². The van der Waals surface area contributed by atoms with E-state index in [-0.39, 0.29) is 6.61 Å². The summed E-state index contributed by atoms with van der Waals surface area (Å²) in [4.78, 5) is 12.5. The van der Waals surface area contributed by atoms with Crippen LogP contribution in [-0.4, -0.2) is 53.1 Å². The zero-order valence-corrected chi connectivity index (χ0v) is 19.6. The smallest absolute Gasteiger partial charge is 0.407 e. The molecule has 5 rings (SSSR count). The van der Waals surface area contributed by atoms with E-state index in [1.807, 2.05) is 91.0 Å². The lowest BCUT2D eigenvalue weighted by Crippen LogP contribution is -2.68. The summed E-state index contributed by atoms with van der Waals surface area (Å²) in [6, 6.07) is 27.3. The Labute approximate surface area is 209 Å². The van der Waals surface area contributed by atoms with Crippen LogP contribution in [-0.2, 0) is 32.0 Å². The van der Waals surface area contributed by atoms with Gasteiger partial charge in [-0.2, -0.15) is 0 Å². The molecule has 0 aliphatic carbocycles. The summed E-state index contributed by atoms with van der Waals surface area (Å²) < 4.78 is 23.6. The average molecular weight is 492 g/mol. The van der Waals surface area contributed by atoms with Crippen LogP contribution in [0, 0.1) is 0 Å². The SMILES string of the molecule is O=C(N[C@@H]1[C@@H](O)[C@@H]2OC(c3ccccc3)O[C@H](Cc3ccccc3)[C@H]2O[C@@H]1O)OCc1ccccc1. The van der Waals surface area contributed by atoms with Gasteiger partial charge in [0.2, 0.25) is 0 Å². The van der Waals surface area contributed by atoms with Crippen molar-refractivity contribution in [1.29, 1.82) is 0 Å². The van der Waals surface area contributed by atoms with Gasteiger partial charge in [0, 0.05) is 12.0 Å². The summed E-state index contributed by atoms with van der Waals surface area (Å²) in [5, 5.41) is 24.5. The molecular formula is C28H29NO7. The van der Waals surface area contributed by atoms with Gasteiger partial charge in [0.15, 0.2) is 12.6 Å². The third-order valence-electron chi connectivity index (χ3n) is 6.43. The highest BCUT2D eigenvalue weighted by atomic mass is 16.7. The Morgan fingerprint density at radius 2 is 1.39 bits per heavy atom. The quantitative estimate of drug-likeness (QED) is 0.487. The van der Waals surface area contributed by atoms with Gasteiger partial charge >= 0.3 is 6.09 Å². The number of fused-ring (bicyclic) bond motifs is 1. The topological polar surface area (TPSA) is 106 Å². The molecular weight excluding hydrogens is 462 g/mol. The van der Waals surface area contributed by atoms with E-state index in [1.165, 1.54) is 0 Å². The van der Waals surface area contributed by atoms with Crippen LogP contribution in [0.25, 0.3) is 0 Å². The molecule has 0 spiro atoms. The van der Waals surface area contributed by atoms with Crippen molar-refractivity contribution in [1.82, 2.24) is 5.32 Å². The van der Waals surface area contributed by atoms with Crippen molar-refractivity contribution in [2.24, 2.45) is 0 Å². The van der Waals surface area contributed by atoms with Crippen molar-refractivity contribution in [2.45, 2.75) is 56.1 Å². The number of nitrogens with one attached hydrogen (secondary N) is 1. The predicted molar refractivity (Wildman–Crippen MR) is 130 cm³/mol. The van der Waals surface area contributed by atoms with Gasteiger partial charge < -0.3 is 34.5 Å². The normalized spacial score (nSPS) is 29.7. The lowest BCUT2D eigenvalue weighted by atomic mass is 9.89. The monoisotopic (exact) mass is 491 g/mol. The van der Waals surface area contributed by atoms with Crippen molar-refractivity contribution in [2.75, 3.05) is 0 Å². The van der Waals surface area contributed by atoms with E-state index < -0.39 is 49.1 Å². The molecule has 2 aliphatic rings. The number of alkyl carbamates (subject to hydrolysis) is 1. The number of hydrogen-bond acceptors (Lipinski definition) is 7. The molecule has 3 N–H and O–H groups in total. The second-order valence-corrected chi connectivity index (χ2v) is 8.92. The van der Waals surface area contributed by atoms with Crippen LogP contribution in [0.1, 0.15) is 23.0 Å². The molecule has 2 heterocycles. The number of aliphatic hydroxyl groups is 2. The van der Waals surface area contributed by atoms with Crippen LogP contribution in [0.2, 0.25) is 0 Å². The molecule has 8 nitrogen and oxygen atoms in total. The van der Waals surface area contributed by atoms with Crippen LogP contribution < -0.4 is 5.32 Å². The van der Waals surface area contributed by atoms with Crippen LogP contribution in [0.4, 0.5) is 4.79 Å². The van der Waals surface area contributed by atoms with Gasteiger partial charge in [-0.3, -0.25) is 0 Å². The summed E-state index contributed by atoms with van der Waals surface area (Å²) in [6.45, 7) is 0.0536. The minimum absolute atomic E-state index is 0.0536. The van der Waals surface area contributed by atoms with Gasteiger partial charge in [0.25, 0.3) is 0 Å².